The molecule has 450 valence electrons. The van der Waals surface area contributed by atoms with Gasteiger partial charge in [-0.25, -0.2) is 0 Å². The van der Waals surface area contributed by atoms with Crippen LogP contribution in [0.2, 0.25) is 0 Å². The van der Waals surface area contributed by atoms with Crippen molar-refractivity contribution in [2.45, 2.75) is 277 Å². The number of phosphoric acid groups is 1. The highest BCUT2D eigenvalue weighted by Gasteiger charge is 2.22. The van der Waals surface area contributed by atoms with Gasteiger partial charge in [0.25, 0.3) is 7.82 Å². The molecule has 0 saturated carbocycles. The van der Waals surface area contributed by atoms with E-state index in [1.165, 1.54) is 148 Å². The van der Waals surface area contributed by atoms with Gasteiger partial charge in [0.1, 0.15) is 19.8 Å². The van der Waals surface area contributed by atoms with Crippen LogP contribution in [0.5, 0.6) is 0 Å². The topological polar surface area (TPSA) is 111 Å². The SMILES string of the molecule is CC/C=C\C/C=C\C/C=C\C/C=C\C/C=C\CCCCCCCCCC(=O)OC(COC(=O)CCCCCCCCCCCCCCCCCC/C=C\C/C=C\C/C=C\CCCCCCC)COP(=O)([O-])OCC[N+](C)(C)C. The molecule has 0 spiro atoms. The Morgan fingerprint density at radius 2 is 0.731 bits per heavy atom. The molecule has 2 atom stereocenters. The first kappa shape index (κ1) is 74.9. The predicted octanol–water partition coefficient (Wildman–Crippen LogP) is 19.7. The van der Waals surface area contributed by atoms with Gasteiger partial charge in [0.15, 0.2) is 6.10 Å². The largest absolute Gasteiger partial charge is 0.756 e. The van der Waals surface area contributed by atoms with Crippen LogP contribution in [0.25, 0.3) is 0 Å². The Labute approximate surface area is 481 Å². The van der Waals surface area contributed by atoms with Gasteiger partial charge in [-0.05, 0) is 96.3 Å². The molecule has 9 nitrogen and oxygen atoms in total. The van der Waals surface area contributed by atoms with Crippen molar-refractivity contribution in [1.29, 1.82) is 0 Å². The van der Waals surface area contributed by atoms with Crippen LogP contribution in [0, 0.1) is 0 Å². The minimum absolute atomic E-state index is 0.0371. The van der Waals surface area contributed by atoms with Crippen molar-refractivity contribution in [1.82, 2.24) is 0 Å². The van der Waals surface area contributed by atoms with Gasteiger partial charge in [0, 0.05) is 12.8 Å². The number of hydrogen-bond acceptors (Lipinski definition) is 8. The average Bonchev–Trinajstić information content (AvgIpc) is 3.40. The van der Waals surface area contributed by atoms with Crippen molar-refractivity contribution in [3.63, 3.8) is 0 Å². The first-order valence-electron chi connectivity index (χ1n) is 31.9. The Morgan fingerprint density at radius 1 is 0.410 bits per heavy atom. The van der Waals surface area contributed by atoms with E-state index in [-0.39, 0.29) is 32.0 Å². The number of quaternary nitrogens is 1. The molecule has 0 aromatic heterocycles. The fourth-order valence-corrected chi connectivity index (χ4v) is 9.42. The number of esters is 2. The number of unbranched alkanes of at least 4 members (excludes halogenated alkanes) is 28. The summed E-state index contributed by atoms with van der Waals surface area (Å²) in [4.78, 5) is 38.0. The second-order valence-corrected chi connectivity index (χ2v) is 23.8. The number of phosphoric ester groups is 1. The molecule has 0 aromatic carbocycles. The third-order valence-electron chi connectivity index (χ3n) is 13.6. The first-order chi connectivity index (χ1) is 38.0. The van der Waals surface area contributed by atoms with Gasteiger partial charge in [-0.3, -0.25) is 14.2 Å². The molecular weight excluding hydrogens is 990 g/mol. The van der Waals surface area contributed by atoms with E-state index in [1.54, 1.807) is 0 Å². The minimum Gasteiger partial charge on any atom is -0.756 e. The normalized spacial score (nSPS) is 13.9. The maximum absolute atomic E-state index is 12.8. The number of allylic oxidation sites excluding steroid dienone is 16. The highest BCUT2D eigenvalue weighted by molar-refractivity contribution is 7.45. The molecule has 10 heteroatoms. The van der Waals surface area contributed by atoms with Crippen LogP contribution in [-0.2, 0) is 32.7 Å². The van der Waals surface area contributed by atoms with Crippen LogP contribution in [0.1, 0.15) is 271 Å². The van der Waals surface area contributed by atoms with Gasteiger partial charge in [-0.1, -0.05) is 259 Å². The van der Waals surface area contributed by atoms with Gasteiger partial charge >= 0.3 is 11.9 Å². The van der Waals surface area contributed by atoms with E-state index in [9.17, 15) is 19.0 Å². The molecule has 0 radical (unpaired) electrons. The van der Waals surface area contributed by atoms with E-state index in [0.717, 1.165) is 89.9 Å². The van der Waals surface area contributed by atoms with Gasteiger partial charge in [-0.15, -0.1) is 0 Å². The molecule has 78 heavy (non-hydrogen) atoms. The highest BCUT2D eigenvalue weighted by atomic mass is 31.2. The minimum atomic E-state index is -4.65. The molecule has 0 heterocycles. The molecule has 0 aliphatic rings. The predicted molar refractivity (Wildman–Crippen MR) is 332 cm³/mol. The fourth-order valence-electron chi connectivity index (χ4n) is 8.69. The summed E-state index contributed by atoms with van der Waals surface area (Å²) in [6.07, 6.45) is 80.4. The lowest BCUT2D eigenvalue weighted by Gasteiger charge is -2.28. The smallest absolute Gasteiger partial charge is 0.306 e. The molecule has 0 aromatic rings. The quantitative estimate of drug-likeness (QED) is 0.0195. The van der Waals surface area contributed by atoms with Crippen LogP contribution in [-0.4, -0.2) is 70.0 Å². The lowest BCUT2D eigenvalue weighted by atomic mass is 10.0. The van der Waals surface area contributed by atoms with Crippen LogP contribution in [0.3, 0.4) is 0 Å². The number of carbonyl (C=O) groups is 2. The van der Waals surface area contributed by atoms with Gasteiger partial charge in [0.2, 0.25) is 0 Å². The zero-order valence-electron chi connectivity index (χ0n) is 51.1. The van der Waals surface area contributed by atoms with Crippen molar-refractivity contribution in [2.75, 3.05) is 47.5 Å². The van der Waals surface area contributed by atoms with E-state index in [1.807, 2.05) is 21.1 Å². The Bertz CT molecular complexity index is 1640. The molecule has 0 aliphatic carbocycles. The summed E-state index contributed by atoms with van der Waals surface area (Å²) in [5.41, 5.74) is 0. The van der Waals surface area contributed by atoms with Crippen LogP contribution in [0.15, 0.2) is 97.2 Å². The monoisotopic (exact) mass is 1110 g/mol. The van der Waals surface area contributed by atoms with Crippen molar-refractivity contribution in [2.24, 2.45) is 0 Å². The molecule has 0 aliphatic heterocycles. The van der Waals surface area contributed by atoms with Gasteiger partial charge in [-0.2, -0.15) is 0 Å². The zero-order valence-corrected chi connectivity index (χ0v) is 52.0. The molecule has 2 unspecified atom stereocenters. The molecule has 0 saturated heterocycles. The maximum atomic E-state index is 12.8. The zero-order chi connectivity index (χ0) is 57.0. The Kier molecular flexibility index (Phi) is 56.3. The Balaban J connectivity index is 4.11. The number of hydrogen-bond donors (Lipinski definition) is 0. The van der Waals surface area contributed by atoms with Crippen LogP contribution in [0.4, 0.5) is 0 Å². The molecular formula is C68H120NO8P. The van der Waals surface area contributed by atoms with E-state index in [2.05, 4.69) is 111 Å². The molecule has 0 fully saturated rings. The standard InChI is InChI=1S/C68H120NO8P/c1-6-8-10-12-14-16-18-20-22-24-26-28-30-31-32-33-34-35-36-37-39-40-42-44-46-48-50-52-54-56-58-60-67(70)74-64-66(65-76-78(72,73)75-63-62-69(3,4)5)77-68(71)61-59-57-55-53-51-49-47-45-43-41-38-29-27-25-23-21-19-17-15-13-11-9-7-2/h9,11,15,17-18,20-21,23-24,26-27,29-31,41,43,66H,6-8,10,12-14,16,19,22,25,28,32-40,42,44-65H2,1-5H3/b11-9-,17-15-,20-18-,23-21-,26-24-,29-27-,31-30-,43-41-. The second-order valence-electron chi connectivity index (χ2n) is 22.4. The second kappa shape index (κ2) is 58.6. The lowest BCUT2D eigenvalue weighted by Crippen LogP contribution is -2.37. The summed E-state index contributed by atoms with van der Waals surface area (Å²) in [5.74, 6) is -0.844. The lowest BCUT2D eigenvalue weighted by molar-refractivity contribution is -0.870. The summed E-state index contributed by atoms with van der Waals surface area (Å²) in [5, 5.41) is 0. The number of carbonyl (C=O) groups excluding carboxylic acids is 2. The molecule has 0 bridgehead atoms. The van der Waals surface area contributed by atoms with Crippen LogP contribution < -0.4 is 4.89 Å². The highest BCUT2D eigenvalue weighted by Crippen LogP contribution is 2.38. The number of nitrogens with zero attached hydrogens (tertiary/aromatic N) is 1. The van der Waals surface area contributed by atoms with E-state index >= 15 is 0 Å². The third kappa shape index (κ3) is 62.1. The summed E-state index contributed by atoms with van der Waals surface area (Å²) in [6.45, 7) is 4.11. The Hall–Kier alpha value is -3.07. The van der Waals surface area contributed by atoms with Gasteiger partial charge < -0.3 is 27.9 Å². The molecule has 0 N–H and O–H groups in total. The first-order valence-corrected chi connectivity index (χ1v) is 33.4. The summed E-state index contributed by atoms with van der Waals surface area (Å²) < 4.78 is 34.2. The van der Waals surface area contributed by atoms with Crippen molar-refractivity contribution < 1.29 is 42.1 Å². The van der Waals surface area contributed by atoms with Crippen molar-refractivity contribution in [3.8, 4) is 0 Å². The fraction of sp³-hybridized carbons (Fsp3) is 0.735. The molecule has 0 amide bonds. The average molecular weight is 1110 g/mol. The number of likely N-dealkylation sites (N-methyl/N-ethyl adjacent to an activating group) is 1. The summed E-state index contributed by atoms with van der Waals surface area (Å²) >= 11 is 0. The maximum Gasteiger partial charge on any atom is 0.306 e. The molecule has 0 rings (SSSR count). The van der Waals surface area contributed by atoms with Gasteiger partial charge in [0.05, 0.1) is 27.7 Å². The summed E-state index contributed by atoms with van der Waals surface area (Å²) in [7, 11) is 1.15. The number of ether oxygens (including phenoxy) is 2. The van der Waals surface area contributed by atoms with E-state index in [0.29, 0.717) is 17.4 Å². The van der Waals surface area contributed by atoms with Crippen LogP contribution >= 0.6 is 7.82 Å². The van der Waals surface area contributed by atoms with Crippen molar-refractivity contribution >= 4 is 19.8 Å². The van der Waals surface area contributed by atoms with E-state index < -0.39 is 26.5 Å². The third-order valence-corrected chi connectivity index (χ3v) is 14.6. The summed E-state index contributed by atoms with van der Waals surface area (Å²) in [6, 6.07) is 0. The van der Waals surface area contributed by atoms with E-state index in [4.69, 9.17) is 18.5 Å². The number of rotatable bonds is 58. The van der Waals surface area contributed by atoms with Crippen molar-refractivity contribution in [3.05, 3.63) is 97.2 Å². The Morgan fingerprint density at radius 3 is 1.09 bits per heavy atom.